The van der Waals surface area contributed by atoms with Crippen molar-refractivity contribution in [1.29, 1.82) is 0 Å². The van der Waals surface area contributed by atoms with Crippen molar-refractivity contribution in [2.24, 2.45) is 0 Å². The molecule has 0 saturated carbocycles. The first-order chi connectivity index (χ1) is 10.1. The number of hydrogen-bond acceptors (Lipinski definition) is 4. The quantitative estimate of drug-likeness (QED) is 0.881. The number of benzene rings is 1. The molecule has 0 aliphatic heterocycles. The Labute approximate surface area is 121 Å². The summed E-state index contributed by atoms with van der Waals surface area (Å²) in [7, 11) is 0. The molecular weight excluding hydrogens is 272 g/mol. The minimum atomic E-state index is -1.18. The van der Waals surface area contributed by atoms with E-state index >= 15 is 0 Å². The largest absolute Gasteiger partial charge is 0.494 e. The monoisotopic (exact) mass is 286 g/mol. The molecular formula is C15H14N2O4. The molecule has 1 aromatic carbocycles. The van der Waals surface area contributed by atoms with Crippen LogP contribution < -0.4 is 10.1 Å². The van der Waals surface area contributed by atoms with Gasteiger partial charge in [-0.15, -0.1) is 0 Å². The topological polar surface area (TPSA) is 88.5 Å². The van der Waals surface area contributed by atoms with Gasteiger partial charge in [0.1, 0.15) is 11.4 Å². The van der Waals surface area contributed by atoms with Crippen LogP contribution in [0.3, 0.4) is 0 Å². The number of carbonyl (C=O) groups excluding carboxylic acids is 1. The SMILES string of the molecule is CCOc1cccc(NC(=O)c2ccnc(C(=O)O)c2)c1. The zero-order valence-corrected chi connectivity index (χ0v) is 11.4. The smallest absolute Gasteiger partial charge is 0.354 e. The van der Waals surface area contributed by atoms with Crippen LogP contribution in [0.1, 0.15) is 27.8 Å². The van der Waals surface area contributed by atoms with Crippen LogP contribution in [0.5, 0.6) is 5.75 Å². The molecule has 0 spiro atoms. The third-order valence-electron chi connectivity index (χ3n) is 2.64. The van der Waals surface area contributed by atoms with Gasteiger partial charge in [-0.05, 0) is 31.2 Å². The van der Waals surface area contributed by atoms with E-state index in [0.717, 1.165) is 0 Å². The van der Waals surface area contributed by atoms with E-state index < -0.39 is 11.9 Å². The molecule has 0 bridgehead atoms. The number of ether oxygens (including phenoxy) is 1. The van der Waals surface area contributed by atoms with Gasteiger partial charge in [0.25, 0.3) is 5.91 Å². The minimum absolute atomic E-state index is 0.175. The summed E-state index contributed by atoms with van der Waals surface area (Å²) in [5.74, 6) is -0.937. The maximum atomic E-state index is 12.1. The molecule has 0 saturated heterocycles. The standard InChI is InChI=1S/C15H14N2O4/c1-2-21-12-5-3-4-11(9-12)17-14(18)10-6-7-16-13(8-10)15(19)20/h3-9H,2H2,1H3,(H,17,18)(H,19,20). The summed E-state index contributed by atoms with van der Waals surface area (Å²) in [6, 6.07) is 9.64. The van der Waals surface area contributed by atoms with Crippen LogP contribution >= 0.6 is 0 Å². The van der Waals surface area contributed by atoms with Gasteiger partial charge in [-0.1, -0.05) is 6.07 Å². The minimum Gasteiger partial charge on any atom is -0.494 e. The van der Waals surface area contributed by atoms with Gasteiger partial charge in [0.15, 0.2) is 0 Å². The highest BCUT2D eigenvalue weighted by molar-refractivity contribution is 6.05. The van der Waals surface area contributed by atoms with Crippen molar-refractivity contribution in [2.75, 3.05) is 11.9 Å². The summed E-state index contributed by atoms with van der Waals surface area (Å²) in [5.41, 5.74) is 0.620. The lowest BCUT2D eigenvalue weighted by molar-refractivity contribution is 0.0690. The van der Waals surface area contributed by atoms with Crippen LogP contribution in [0, 0.1) is 0 Å². The molecule has 0 aliphatic carbocycles. The summed E-state index contributed by atoms with van der Waals surface area (Å²) >= 11 is 0. The molecule has 2 N–H and O–H groups in total. The zero-order chi connectivity index (χ0) is 15.2. The first-order valence-electron chi connectivity index (χ1n) is 6.33. The second kappa shape index (κ2) is 6.51. The van der Waals surface area contributed by atoms with E-state index in [0.29, 0.717) is 18.0 Å². The number of aromatic nitrogens is 1. The number of amides is 1. The molecule has 0 unspecified atom stereocenters. The van der Waals surface area contributed by atoms with Crippen molar-refractivity contribution in [1.82, 2.24) is 4.98 Å². The molecule has 1 aromatic heterocycles. The normalized spacial score (nSPS) is 9.95. The first kappa shape index (κ1) is 14.5. The predicted molar refractivity (Wildman–Crippen MR) is 76.8 cm³/mol. The number of pyridine rings is 1. The van der Waals surface area contributed by atoms with Gasteiger partial charge >= 0.3 is 5.97 Å². The summed E-state index contributed by atoms with van der Waals surface area (Å²) in [6.45, 7) is 2.40. The van der Waals surface area contributed by atoms with Crippen molar-refractivity contribution in [3.63, 3.8) is 0 Å². The zero-order valence-electron chi connectivity index (χ0n) is 11.4. The van der Waals surface area contributed by atoms with Crippen LogP contribution in [0.25, 0.3) is 0 Å². The summed E-state index contributed by atoms with van der Waals surface area (Å²) in [4.78, 5) is 26.6. The Hall–Kier alpha value is -2.89. The number of nitrogens with zero attached hydrogens (tertiary/aromatic N) is 1. The highest BCUT2D eigenvalue weighted by Gasteiger charge is 2.11. The van der Waals surface area contributed by atoms with Crippen molar-refractivity contribution >= 4 is 17.6 Å². The fourth-order valence-corrected chi connectivity index (χ4v) is 1.72. The van der Waals surface area contributed by atoms with E-state index in [1.54, 1.807) is 24.3 Å². The molecule has 0 atom stereocenters. The van der Waals surface area contributed by atoms with Crippen LogP contribution in [-0.4, -0.2) is 28.6 Å². The maximum Gasteiger partial charge on any atom is 0.354 e. The van der Waals surface area contributed by atoms with Crippen molar-refractivity contribution < 1.29 is 19.4 Å². The van der Waals surface area contributed by atoms with E-state index in [-0.39, 0.29) is 11.3 Å². The lowest BCUT2D eigenvalue weighted by Gasteiger charge is -2.08. The predicted octanol–water partition coefficient (Wildman–Crippen LogP) is 2.43. The second-order valence-corrected chi connectivity index (χ2v) is 4.15. The van der Waals surface area contributed by atoms with E-state index in [1.165, 1.54) is 18.3 Å². The third kappa shape index (κ3) is 3.79. The van der Waals surface area contributed by atoms with Gasteiger partial charge in [0.2, 0.25) is 0 Å². The van der Waals surface area contributed by atoms with Crippen LogP contribution in [0.15, 0.2) is 42.6 Å². The molecule has 0 radical (unpaired) electrons. The number of hydrogen-bond donors (Lipinski definition) is 2. The Balaban J connectivity index is 2.16. The molecule has 1 heterocycles. The highest BCUT2D eigenvalue weighted by Crippen LogP contribution is 2.18. The van der Waals surface area contributed by atoms with Gasteiger partial charge < -0.3 is 15.2 Å². The summed E-state index contributed by atoms with van der Waals surface area (Å²) in [5, 5.41) is 11.5. The average molecular weight is 286 g/mol. The maximum absolute atomic E-state index is 12.1. The Bertz CT molecular complexity index is 670. The van der Waals surface area contributed by atoms with E-state index in [4.69, 9.17) is 9.84 Å². The van der Waals surface area contributed by atoms with Crippen molar-refractivity contribution in [3.8, 4) is 5.75 Å². The van der Waals surface area contributed by atoms with E-state index in [1.807, 2.05) is 6.92 Å². The average Bonchev–Trinajstić information content (AvgIpc) is 2.48. The van der Waals surface area contributed by atoms with Gasteiger partial charge in [-0.25, -0.2) is 9.78 Å². The van der Waals surface area contributed by atoms with Gasteiger partial charge in [0, 0.05) is 23.5 Å². The fourth-order valence-electron chi connectivity index (χ4n) is 1.72. The fraction of sp³-hybridized carbons (Fsp3) is 0.133. The summed E-state index contributed by atoms with van der Waals surface area (Å²) < 4.78 is 5.35. The molecule has 2 rings (SSSR count). The Morgan fingerprint density at radius 3 is 2.81 bits per heavy atom. The Morgan fingerprint density at radius 2 is 2.10 bits per heavy atom. The van der Waals surface area contributed by atoms with E-state index in [9.17, 15) is 9.59 Å². The van der Waals surface area contributed by atoms with Crippen LogP contribution in [-0.2, 0) is 0 Å². The van der Waals surface area contributed by atoms with Crippen LogP contribution in [0.2, 0.25) is 0 Å². The number of rotatable bonds is 5. The molecule has 0 fully saturated rings. The van der Waals surface area contributed by atoms with Crippen molar-refractivity contribution in [3.05, 3.63) is 53.9 Å². The Kier molecular flexibility index (Phi) is 4.50. The molecule has 21 heavy (non-hydrogen) atoms. The van der Waals surface area contributed by atoms with Gasteiger partial charge in [-0.2, -0.15) is 0 Å². The summed E-state index contributed by atoms with van der Waals surface area (Å²) in [6.07, 6.45) is 1.29. The molecule has 1 amide bonds. The number of nitrogens with one attached hydrogen (secondary N) is 1. The first-order valence-corrected chi connectivity index (χ1v) is 6.33. The molecule has 108 valence electrons. The second-order valence-electron chi connectivity index (χ2n) is 4.15. The van der Waals surface area contributed by atoms with Crippen LogP contribution in [0.4, 0.5) is 5.69 Å². The number of aromatic carboxylic acids is 1. The highest BCUT2D eigenvalue weighted by atomic mass is 16.5. The lowest BCUT2D eigenvalue weighted by atomic mass is 10.2. The number of carbonyl (C=O) groups is 2. The lowest BCUT2D eigenvalue weighted by Crippen LogP contribution is -2.13. The van der Waals surface area contributed by atoms with Gasteiger partial charge in [-0.3, -0.25) is 4.79 Å². The molecule has 6 heteroatoms. The van der Waals surface area contributed by atoms with E-state index in [2.05, 4.69) is 10.3 Å². The molecule has 6 nitrogen and oxygen atoms in total. The molecule has 0 aliphatic rings. The Morgan fingerprint density at radius 1 is 1.29 bits per heavy atom. The third-order valence-corrected chi connectivity index (χ3v) is 2.64. The number of carboxylic acids is 1. The van der Waals surface area contributed by atoms with Crippen molar-refractivity contribution in [2.45, 2.75) is 6.92 Å². The number of carboxylic acid groups (broad SMARTS) is 1. The molecule has 2 aromatic rings. The van der Waals surface area contributed by atoms with Gasteiger partial charge in [0.05, 0.1) is 6.61 Å². The number of anilines is 1.